The summed E-state index contributed by atoms with van der Waals surface area (Å²) in [6, 6.07) is 5.37. The molecule has 156 valence electrons. The molecule has 0 fully saturated rings. The fourth-order valence-electron chi connectivity index (χ4n) is 2.92. The van der Waals surface area contributed by atoms with Crippen molar-refractivity contribution in [2.24, 2.45) is 0 Å². The molecule has 0 unspecified atom stereocenters. The Labute approximate surface area is 180 Å². The molecule has 1 aliphatic rings. The molecule has 1 N–H and O–H groups in total. The molecule has 30 heavy (non-hydrogen) atoms. The summed E-state index contributed by atoms with van der Waals surface area (Å²) in [6.07, 6.45) is 8.23. The molecule has 0 aromatic carbocycles. The molecule has 3 heterocycles. The maximum atomic E-state index is 12.4. The third-order valence-corrected chi connectivity index (χ3v) is 4.79. The van der Waals surface area contributed by atoms with Gasteiger partial charge in [-0.05, 0) is 23.6 Å². The van der Waals surface area contributed by atoms with Crippen LogP contribution in [0.5, 0.6) is 5.75 Å². The first kappa shape index (κ1) is 21.6. The lowest BCUT2D eigenvalue weighted by Gasteiger charge is -2.20. The topological polar surface area (TPSA) is 100 Å². The minimum atomic E-state index is -0.219. The highest BCUT2D eigenvalue weighted by atomic mass is 35.5. The molecular weight excluding hydrogens is 406 g/mol. The second-order valence-corrected chi connectivity index (χ2v) is 7.05. The lowest BCUT2D eigenvalue weighted by molar-refractivity contribution is -0.115. The number of ether oxygens (including phenoxy) is 2. The van der Waals surface area contributed by atoms with Crippen LogP contribution in [0, 0.1) is 11.5 Å². The lowest BCUT2D eigenvalue weighted by atomic mass is 10.0. The van der Waals surface area contributed by atoms with Crippen LogP contribution in [0.3, 0.4) is 0 Å². The van der Waals surface area contributed by atoms with Gasteiger partial charge in [0, 0.05) is 32.5 Å². The molecule has 3 rings (SSSR count). The second-order valence-electron chi connectivity index (χ2n) is 6.64. The number of hydrogen-bond acceptors (Lipinski definition) is 7. The van der Waals surface area contributed by atoms with Gasteiger partial charge in [-0.15, -0.1) is 0 Å². The Morgan fingerprint density at radius 3 is 2.87 bits per heavy atom. The Balaban J connectivity index is 1.57. The highest BCUT2D eigenvalue weighted by Gasteiger charge is 2.13. The van der Waals surface area contributed by atoms with Crippen molar-refractivity contribution in [1.29, 1.82) is 5.26 Å². The summed E-state index contributed by atoms with van der Waals surface area (Å²) < 4.78 is 10.5. The molecular formula is C21H22ClN5O3. The molecule has 1 aliphatic heterocycles. The van der Waals surface area contributed by atoms with Crippen LogP contribution >= 0.6 is 11.6 Å². The fourth-order valence-corrected chi connectivity index (χ4v) is 3.08. The summed E-state index contributed by atoms with van der Waals surface area (Å²) in [4.78, 5) is 22.6. The van der Waals surface area contributed by atoms with E-state index in [-0.39, 0.29) is 12.3 Å². The van der Waals surface area contributed by atoms with E-state index in [1.54, 1.807) is 24.3 Å². The maximum absolute atomic E-state index is 12.4. The van der Waals surface area contributed by atoms with Crippen molar-refractivity contribution < 1.29 is 14.3 Å². The van der Waals surface area contributed by atoms with E-state index < -0.39 is 0 Å². The van der Waals surface area contributed by atoms with Gasteiger partial charge in [0.05, 0.1) is 24.9 Å². The molecule has 0 spiro atoms. The van der Waals surface area contributed by atoms with Gasteiger partial charge in [0.1, 0.15) is 23.2 Å². The number of carbonyl (C=O) groups excluding carboxylic acids is 1. The molecule has 1 amide bonds. The van der Waals surface area contributed by atoms with Crippen molar-refractivity contribution in [2.45, 2.75) is 12.8 Å². The summed E-state index contributed by atoms with van der Waals surface area (Å²) in [5.41, 5.74) is 2.77. The zero-order valence-electron chi connectivity index (χ0n) is 16.6. The van der Waals surface area contributed by atoms with Gasteiger partial charge in [0.25, 0.3) is 0 Å². The summed E-state index contributed by atoms with van der Waals surface area (Å²) in [5.74, 6) is 0.570. The van der Waals surface area contributed by atoms with Gasteiger partial charge in [-0.3, -0.25) is 9.78 Å². The monoisotopic (exact) mass is 427 g/mol. The second kappa shape index (κ2) is 10.6. The summed E-state index contributed by atoms with van der Waals surface area (Å²) in [7, 11) is 1.58. The molecule has 0 aliphatic carbocycles. The van der Waals surface area contributed by atoms with E-state index in [1.807, 2.05) is 18.2 Å². The average Bonchev–Trinajstić information content (AvgIpc) is 2.76. The number of nitrogens with zero attached hydrogens (tertiary/aromatic N) is 4. The quantitative estimate of drug-likeness (QED) is 0.510. The van der Waals surface area contributed by atoms with Crippen LogP contribution in [0.25, 0.3) is 5.57 Å². The number of methoxy groups -OCH3 is 1. The number of rotatable bonds is 8. The standard InChI is InChI=1S/C21H22ClN5O3/c1-29-8-9-30-19-11-20(25-13-17(19)22)26-21(28)10-15-2-3-18(24-12-15)16-4-6-27(14-23)7-5-16/h2-4,11-13H,5-10H2,1H3,(H,25,26,28). The van der Waals surface area contributed by atoms with E-state index in [2.05, 4.69) is 21.5 Å². The predicted molar refractivity (Wildman–Crippen MR) is 113 cm³/mol. The number of aromatic nitrogens is 2. The minimum Gasteiger partial charge on any atom is -0.489 e. The molecule has 0 radical (unpaired) electrons. The molecule has 2 aromatic heterocycles. The van der Waals surface area contributed by atoms with E-state index in [0.717, 1.165) is 23.3 Å². The van der Waals surface area contributed by atoms with Crippen molar-refractivity contribution in [1.82, 2.24) is 14.9 Å². The SMILES string of the molecule is COCCOc1cc(NC(=O)Cc2ccc(C3=CCN(C#N)CC3)nc2)ncc1Cl. The Bertz CT molecular complexity index is 956. The van der Waals surface area contributed by atoms with Crippen molar-refractivity contribution in [3.8, 4) is 11.9 Å². The first-order valence-corrected chi connectivity index (χ1v) is 9.83. The smallest absolute Gasteiger partial charge is 0.230 e. The number of nitriles is 1. The van der Waals surface area contributed by atoms with E-state index in [9.17, 15) is 4.79 Å². The molecule has 0 saturated heterocycles. The Morgan fingerprint density at radius 1 is 1.33 bits per heavy atom. The average molecular weight is 428 g/mol. The minimum absolute atomic E-state index is 0.165. The number of amides is 1. The van der Waals surface area contributed by atoms with Gasteiger partial charge in [-0.1, -0.05) is 23.7 Å². The number of halogens is 1. The zero-order chi connectivity index (χ0) is 21.3. The number of anilines is 1. The molecule has 0 saturated carbocycles. The number of pyridine rings is 2. The van der Waals surface area contributed by atoms with Gasteiger partial charge in [-0.2, -0.15) is 5.26 Å². The normalized spacial score (nSPS) is 13.4. The van der Waals surface area contributed by atoms with Crippen LogP contribution < -0.4 is 10.1 Å². The lowest BCUT2D eigenvalue weighted by Crippen LogP contribution is -2.23. The van der Waals surface area contributed by atoms with Gasteiger partial charge in [-0.25, -0.2) is 4.98 Å². The van der Waals surface area contributed by atoms with E-state index in [4.69, 9.17) is 26.3 Å². The van der Waals surface area contributed by atoms with E-state index in [1.165, 1.54) is 6.20 Å². The van der Waals surface area contributed by atoms with Crippen molar-refractivity contribution in [2.75, 3.05) is 38.7 Å². The van der Waals surface area contributed by atoms with Gasteiger partial charge >= 0.3 is 0 Å². The number of carbonyl (C=O) groups is 1. The Kier molecular flexibility index (Phi) is 7.60. The third kappa shape index (κ3) is 5.92. The first-order chi connectivity index (χ1) is 14.6. The van der Waals surface area contributed by atoms with E-state index >= 15 is 0 Å². The van der Waals surface area contributed by atoms with Gasteiger partial charge in [0.2, 0.25) is 5.91 Å². The molecule has 8 nitrogen and oxygen atoms in total. The Hall–Kier alpha value is -3.15. The van der Waals surface area contributed by atoms with Gasteiger partial charge < -0.3 is 19.7 Å². The van der Waals surface area contributed by atoms with Crippen LogP contribution in [0.1, 0.15) is 17.7 Å². The first-order valence-electron chi connectivity index (χ1n) is 9.45. The largest absolute Gasteiger partial charge is 0.489 e. The number of nitrogens with one attached hydrogen (secondary N) is 1. The summed E-state index contributed by atoms with van der Waals surface area (Å²) >= 11 is 6.06. The van der Waals surface area contributed by atoms with Crippen molar-refractivity contribution in [3.05, 3.63) is 52.9 Å². The molecule has 0 bridgehead atoms. The maximum Gasteiger partial charge on any atom is 0.230 e. The van der Waals surface area contributed by atoms with Crippen LogP contribution in [0.2, 0.25) is 5.02 Å². The van der Waals surface area contributed by atoms with Gasteiger partial charge in [0.15, 0.2) is 6.19 Å². The van der Waals surface area contributed by atoms with Crippen LogP contribution in [0.15, 0.2) is 36.7 Å². The van der Waals surface area contributed by atoms with Crippen molar-refractivity contribution in [3.63, 3.8) is 0 Å². The molecule has 0 atom stereocenters. The van der Waals surface area contributed by atoms with Crippen LogP contribution in [0.4, 0.5) is 5.82 Å². The fraction of sp³-hybridized carbons (Fsp3) is 0.333. The van der Waals surface area contributed by atoms with Crippen LogP contribution in [-0.2, 0) is 16.0 Å². The highest BCUT2D eigenvalue weighted by Crippen LogP contribution is 2.26. The number of hydrogen-bond donors (Lipinski definition) is 1. The zero-order valence-corrected chi connectivity index (χ0v) is 17.4. The van der Waals surface area contributed by atoms with Crippen LogP contribution in [-0.4, -0.2) is 54.2 Å². The highest BCUT2D eigenvalue weighted by molar-refractivity contribution is 6.32. The van der Waals surface area contributed by atoms with Crippen molar-refractivity contribution >= 4 is 28.9 Å². The summed E-state index contributed by atoms with van der Waals surface area (Å²) in [6.45, 7) is 2.07. The molecule has 2 aromatic rings. The molecule has 9 heteroatoms. The Morgan fingerprint density at radius 2 is 2.20 bits per heavy atom. The summed E-state index contributed by atoms with van der Waals surface area (Å²) in [5, 5.41) is 12.0. The van der Waals surface area contributed by atoms with E-state index in [0.29, 0.717) is 42.9 Å². The predicted octanol–water partition coefficient (Wildman–Crippen LogP) is 2.91. The third-order valence-electron chi connectivity index (χ3n) is 4.50.